The molecule has 166 valence electrons. The van der Waals surface area contributed by atoms with Crippen molar-refractivity contribution in [2.24, 2.45) is 0 Å². The monoisotopic (exact) mass is 470 g/mol. The van der Waals surface area contributed by atoms with Gasteiger partial charge in [-0.1, -0.05) is 35.9 Å². The smallest absolute Gasteiger partial charge is 0.342 e. The van der Waals surface area contributed by atoms with Gasteiger partial charge in [-0.05, 0) is 43.2 Å². The summed E-state index contributed by atoms with van der Waals surface area (Å²) in [5.74, 6) is -0.344. The van der Waals surface area contributed by atoms with Crippen molar-refractivity contribution in [1.82, 2.24) is 9.80 Å². The fourth-order valence-corrected chi connectivity index (χ4v) is 4.96. The first-order chi connectivity index (χ1) is 14.6. The molecule has 2 amide bonds. The maximum Gasteiger partial charge on any atom is 0.416 e. The van der Waals surface area contributed by atoms with Crippen LogP contribution < -0.4 is 0 Å². The number of hydrogen-bond acceptors (Lipinski definition) is 3. The molecule has 0 radical (unpaired) electrons. The largest absolute Gasteiger partial charge is 0.416 e. The lowest BCUT2D eigenvalue weighted by Crippen LogP contribution is -2.34. The van der Waals surface area contributed by atoms with Crippen LogP contribution in [-0.4, -0.2) is 47.0 Å². The molecule has 3 rings (SSSR count). The maximum absolute atomic E-state index is 13.1. The van der Waals surface area contributed by atoms with Gasteiger partial charge in [-0.15, -0.1) is 11.8 Å². The topological polar surface area (TPSA) is 40.6 Å². The van der Waals surface area contributed by atoms with Crippen LogP contribution in [0.15, 0.2) is 48.5 Å². The summed E-state index contributed by atoms with van der Waals surface area (Å²) >= 11 is 7.41. The van der Waals surface area contributed by atoms with E-state index in [4.69, 9.17) is 11.6 Å². The first-order valence-electron chi connectivity index (χ1n) is 9.72. The summed E-state index contributed by atoms with van der Waals surface area (Å²) in [4.78, 5) is 28.3. The van der Waals surface area contributed by atoms with Crippen LogP contribution in [0.25, 0.3) is 0 Å². The number of amides is 2. The van der Waals surface area contributed by atoms with Gasteiger partial charge in [0.05, 0.1) is 21.4 Å². The first-order valence-corrected chi connectivity index (χ1v) is 11.0. The molecule has 2 atom stereocenters. The van der Waals surface area contributed by atoms with Gasteiger partial charge in [0.25, 0.3) is 5.91 Å². The predicted molar refractivity (Wildman–Crippen MR) is 116 cm³/mol. The van der Waals surface area contributed by atoms with Crippen LogP contribution in [0.3, 0.4) is 0 Å². The zero-order valence-corrected chi connectivity index (χ0v) is 18.6. The molecular weight excluding hydrogens is 449 g/mol. The zero-order valence-electron chi connectivity index (χ0n) is 17.0. The molecule has 31 heavy (non-hydrogen) atoms. The lowest BCUT2D eigenvalue weighted by atomic mass is 10.1. The highest BCUT2D eigenvalue weighted by atomic mass is 35.5. The third-order valence-corrected chi connectivity index (χ3v) is 6.81. The Bertz CT molecular complexity index is 970. The number of benzene rings is 2. The van der Waals surface area contributed by atoms with Crippen LogP contribution >= 0.6 is 23.4 Å². The molecule has 0 aliphatic carbocycles. The van der Waals surface area contributed by atoms with Crippen molar-refractivity contribution >= 4 is 35.2 Å². The second-order valence-electron chi connectivity index (χ2n) is 7.35. The summed E-state index contributed by atoms with van der Waals surface area (Å²) in [6, 6.07) is 11.9. The number of thioether (sulfide) groups is 1. The Morgan fingerprint density at radius 2 is 1.90 bits per heavy atom. The van der Waals surface area contributed by atoms with Gasteiger partial charge in [-0.3, -0.25) is 9.59 Å². The van der Waals surface area contributed by atoms with Gasteiger partial charge in [0.2, 0.25) is 5.91 Å². The Balaban J connectivity index is 1.67. The van der Waals surface area contributed by atoms with Crippen molar-refractivity contribution in [3.05, 3.63) is 70.2 Å². The summed E-state index contributed by atoms with van der Waals surface area (Å²) in [5.41, 5.74) is 0.107. The molecule has 2 aromatic rings. The van der Waals surface area contributed by atoms with Crippen molar-refractivity contribution in [1.29, 1.82) is 0 Å². The minimum atomic E-state index is -4.44. The van der Waals surface area contributed by atoms with Crippen LogP contribution in [0, 0.1) is 0 Å². The van der Waals surface area contributed by atoms with Crippen molar-refractivity contribution in [3.8, 4) is 0 Å². The van der Waals surface area contributed by atoms with Gasteiger partial charge in [0.15, 0.2) is 0 Å². The normalized spacial score (nSPS) is 19.0. The van der Waals surface area contributed by atoms with Crippen molar-refractivity contribution in [2.45, 2.75) is 30.1 Å². The molecule has 0 aromatic heterocycles. The fourth-order valence-electron chi connectivity index (χ4n) is 3.45. The molecule has 2 unspecified atom stereocenters. The van der Waals surface area contributed by atoms with Gasteiger partial charge in [-0.2, -0.15) is 13.2 Å². The predicted octanol–water partition coefficient (Wildman–Crippen LogP) is 5.48. The van der Waals surface area contributed by atoms with E-state index in [1.807, 2.05) is 0 Å². The highest BCUT2D eigenvalue weighted by molar-refractivity contribution is 8.01. The Kier molecular flexibility index (Phi) is 7.21. The minimum Gasteiger partial charge on any atom is -0.342 e. The molecule has 9 heteroatoms. The van der Waals surface area contributed by atoms with Gasteiger partial charge < -0.3 is 9.80 Å². The lowest BCUT2D eigenvalue weighted by molar-refractivity contribution is -0.137. The number of alkyl halides is 3. The average Bonchev–Trinajstić information content (AvgIpc) is 3.01. The Morgan fingerprint density at radius 3 is 2.58 bits per heavy atom. The first kappa shape index (κ1) is 23.5. The van der Waals surface area contributed by atoms with E-state index < -0.39 is 17.1 Å². The summed E-state index contributed by atoms with van der Waals surface area (Å²) in [6.07, 6.45) is -3.96. The maximum atomic E-state index is 13.1. The lowest BCUT2D eigenvalue weighted by Gasteiger charge is -2.26. The highest BCUT2D eigenvalue weighted by Gasteiger charge is 2.39. The molecule has 1 saturated heterocycles. The van der Waals surface area contributed by atoms with Crippen molar-refractivity contribution < 1.29 is 22.8 Å². The van der Waals surface area contributed by atoms with Crippen molar-refractivity contribution in [3.63, 3.8) is 0 Å². The second-order valence-corrected chi connectivity index (χ2v) is 9.18. The van der Waals surface area contributed by atoms with Crippen LogP contribution in [0.4, 0.5) is 13.2 Å². The van der Waals surface area contributed by atoms with Gasteiger partial charge in [-0.25, -0.2) is 0 Å². The molecular formula is C22H22ClF3N2O2S. The van der Waals surface area contributed by atoms with Gasteiger partial charge >= 0.3 is 6.18 Å². The van der Waals surface area contributed by atoms with E-state index >= 15 is 0 Å². The number of rotatable bonds is 6. The van der Waals surface area contributed by atoms with Crippen LogP contribution in [0.2, 0.25) is 5.02 Å². The number of carbonyl (C=O) groups excluding carboxylic acids is 2. The summed E-state index contributed by atoms with van der Waals surface area (Å²) in [7, 11) is 1.65. The third kappa shape index (κ3) is 5.36. The van der Waals surface area contributed by atoms with Crippen LogP contribution in [0.1, 0.15) is 40.2 Å². The molecule has 1 aliphatic heterocycles. The molecule has 2 aromatic carbocycles. The minimum absolute atomic E-state index is 0.118. The Labute approximate surface area is 188 Å². The quantitative estimate of drug-likeness (QED) is 0.561. The van der Waals surface area contributed by atoms with Gasteiger partial charge in [0, 0.05) is 20.1 Å². The van der Waals surface area contributed by atoms with E-state index in [2.05, 4.69) is 0 Å². The highest BCUT2D eigenvalue weighted by Crippen LogP contribution is 2.44. The zero-order chi connectivity index (χ0) is 22.8. The fraction of sp³-hybridized carbons (Fsp3) is 0.364. The molecule has 0 saturated carbocycles. The standard InChI is InChI=1S/C22H22ClF3N2O2S/c1-14-19(29)28(21(31-14)15-7-5-8-16(13-15)22(24,25)26)12-6-11-27(2)20(30)17-9-3-4-10-18(17)23/h3-5,7-10,13-14,21H,6,11-12H2,1-2H3. The van der Waals surface area contributed by atoms with Gasteiger partial charge in [0.1, 0.15) is 5.37 Å². The van der Waals surface area contributed by atoms with E-state index in [1.165, 1.54) is 22.7 Å². The third-order valence-electron chi connectivity index (χ3n) is 5.09. The van der Waals surface area contributed by atoms with E-state index in [0.29, 0.717) is 35.7 Å². The molecule has 0 N–H and O–H groups in total. The molecule has 0 spiro atoms. The van der Waals surface area contributed by atoms with E-state index in [1.54, 1.807) is 49.2 Å². The Hall–Kier alpha value is -2.19. The molecule has 1 aliphatic rings. The van der Waals surface area contributed by atoms with Crippen LogP contribution in [-0.2, 0) is 11.0 Å². The average molecular weight is 471 g/mol. The number of halogens is 4. The van der Waals surface area contributed by atoms with E-state index in [0.717, 1.165) is 12.1 Å². The summed E-state index contributed by atoms with van der Waals surface area (Å²) in [6.45, 7) is 2.46. The summed E-state index contributed by atoms with van der Waals surface area (Å²) in [5, 5.41) is -0.472. The molecule has 0 bridgehead atoms. The number of hydrogen-bond donors (Lipinski definition) is 0. The SMILES string of the molecule is CC1SC(c2cccc(C(F)(F)F)c2)N(CCCN(C)C(=O)c2ccccc2Cl)C1=O. The molecule has 1 heterocycles. The second kappa shape index (κ2) is 9.53. The number of carbonyl (C=O) groups is 2. The van der Waals surface area contributed by atoms with Crippen LogP contribution in [0.5, 0.6) is 0 Å². The van der Waals surface area contributed by atoms with E-state index in [9.17, 15) is 22.8 Å². The number of nitrogens with zero attached hydrogens (tertiary/aromatic N) is 2. The Morgan fingerprint density at radius 1 is 1.19 bits per heavy atom. The summed E-state index contributed by atoms with van der Waals surface area (Å²) < 4.78 is 39.3. The molecule has 1 fully saturated rings. The van der Waals surface area contributed by atoms with E-state index in [-0.39, 0.29) is 17.1 Å². The molecule has 4 nitrogen and oxygen atoms in total. The van der Waals surface area contributed by atoms with Crippen molar-refractivity contribution in [2.75, 3.05) is 20.1 Å².